The van der Waals surface area contributed by atoms with Gasteiger partial charge in [0.25, 0.3) is 0 Å². The van der Waals surface area contributed by atoms with Gasteiger partial charge in [0.2, 0.25) is 15.9 Å². The Morgan fingerprint density at radius 2 is 2.00 bits per heavy atom. The Hall–Kier alpha value is -1.31. The number of carbonyl (C=O) groups is 1. The predicted octanol–water partition coefficient (Wildman–Crippen LogP) is 2.12. The standard InChI is InChI=1S/C15H21ClN2O4S/c1-3-22-12-8-10(2)11(16)9-13(12)23(20,21)18-15(14(17)19)6-4-5-7-15/h8-9,18H,3-7H2,1-2H3,(H2,17,19). The van der Waals surface area contributed by atoms with Gasteiger partial charge >= 0.3 is 0 Å². The van der Waals surface area contributed by atoms with Crippen LogP contribution in [0.4, 0.5) is 0 Å². The highest BCUT2D eigenvalue weighted by Gasteiger charge is 2.43. The van der Waals surface area contributed by atoms with E-state index in [1.807, 2.05) is 0 Å². The molecule has 6 nitrogen and oxygen atoms in total. The molecule has 0 aromatic heterocycles. The number of hydrogen-bond acceptors (Lipinski definition) is 4. The zero-order valence-electron chi connectivity index (χ0n) is 13.2. The van der Waals surface area contributed by atoms with Crippen molar-refractivity contribution in [2.24, 2.45) is 5.73 Å². The molecule has 1 amide bonds. The minimum Gasteiger partial charge on any atom is -0.492 e. The number of hydrogen-bond donors (Lipinski definition) is 2. The molecule has 128 valence electrons. The molecule has 3 N–H and O–H groups in total. The molecule has 0 heterocycles. The van der Waals surface area contributed by atoms with Crippen LogP contribution in [0, 0.1) is 6.92 Å². The summed E-state index contributed by atoms with van der Waals surface area (Å²) in [6.07, 6.45) is 2.28. The fourth-order valence-corrected chi connectivity index (χ4v) is 4.62. The van der Waals surface area contributed by atoms with Crippen LogP contribution in [0.1, 0.15) is 38.2 Å². The Balaban J connectivity index is 2.47. The Morgan fingerprint density at radius 3 is 2.52 bits per heavy atom. The lowest BCUT2D eigenvalue weighted by molar-refractivity contribution is -0.123. The maximum Gasteiger partial charge on any atom is 0.245 e. The highest BCUT2D eigenvalue weighted by atomic mass is 35.5. The van der Waals surface area contributed by atoms with Gasteiger partial charge < -0.3 is 10.5 Å². The van der Waals surface area contributed by atoms with Gasteiger partial charge in [-0.05, 0) is 44.4 Å². The minimum absolute atomic E-state index is 0.0810. The second-order valence-electron chi connectivity index (χ2n) is 5.74. The number of amides is 1. The van der Waals surface area contributed by atoms with Crippen molar-refractivity contribution in [3.8, 4) is 5.75 Å². The van der Waals surface area contributed by atoms with Crippen molar-refractivity contribution in [1.29, 1.82) is 0 Å². The highest BCUT2D eigenvalue weighted by Crippen LogP contribution is 2.34. The van der Waals surface area contributed by atoms with E-state index in [1.54, 1.807) is 19.9 Å². The number of aryl methyl sites for hydroxylation is 1. The average molecular weight is 361 g/mol. The fourth-order valence-electron chi connectivity index (χ4n) is 2.80. The molecular formula is C15H21ClN2O4S. The molecule has 0 bridgehead atoms. The number of nitrogens with two attached hydrogens (primary N) is 1. The molecule has 0 radical (unpaired) electrons. The number of rotatable bonds is 6. The SMILES string of the molecule is CCOc1cc(C)c(Cl)cc1S(=O)(=O)NC1(C(N)=O)CCCC1. The first-order valence-electron chi connectivity index (χ1n) is 7.49. The molecular weight excluding hydrogens is 340 g/mol. The van der Waals surface area contributed by atoms with E-state index in [2.05, 4.69) is 4.72 Å². The smallest absolute Gasteiger partial charge is 0.245 e. The molecule has 0 spiro atoms. The molecule has 2 rings (SSSR count). The first-order chi connectivity index (χ1) is 10.7. The number of nitrogens with one attached hydrogen (secondary N) is 1. The van der Waals surface area contributed by atoms with E-state index in [9.17, 15) is 13.2 Å². The normalized spacial score (nSPS) is 17.2. The number of primary amides is 1. The van der Waals surface area contributed by atoms with Crippen LogP contribution in [0.25, 0.3) is 0 Å². The quantitative estimate of drug-likeness (QED) is 0.811. The van der Waals surface area contributed by atoms with Crippen LogP contribution < -0.4 is 15.2 Å². The lowest BCUT2D eigenvalue weighted by Gasteiger charge is -2.26. The summed E-state index contributed by atoms with van der Waals surface area (Å²) >= 11 is 6.07. The molecule has 8 heteroatoms. The van der Waals surface area contributed by atoms with Crippen LogP contribution in [-0.4, -0.2) is 26.5 Å². The van der Waals surface area contributed by atoms with Gasteiger partial charge in [0.1, 0.15) is 16.2 Å². The summed E-state index contributed by atoms with van der Waals surface area (Å²) in [5, 5.41) is 0.313. The second-order valence-corrected chi connectivity index (χ2v) is 7.80. The zero-order chi connectivity index (χ0) is 17.3. The molecule has 0 saturated heterocycles. The Kier molecular flexibility index (Phi) is 5.23. The van der Waals surface area contributed by atoms with Crippen LogP contribution in [0.5, 0.6) is 5.75 Å². The van der Waals surface area contributed by atoms with Crippen molar-refractivity contribution in [2.45, 2.75) is 50.0 Å². The average Bonchev–Trinajstić information content (AvgIpc) is 2.92. The van der Waals surface area contributed by atoms with Crippen molar-refractivity contribution in [2.75, 3.05) is 6.61 Å². The summed E-state index contributed by atoms with van der Waals surface area (Å²) < 4.78 is 33.5. The summed E-state index contributed by atoms with van der Waals surface area (Å²) in [6.45, 7) is 3.83. The topological polar surface area (TPSA) is 98.5 Å². The maximum atomic E-state index is 12.8. The van der Waals surface area contributed by atoms with E-state index in [4.69, 9.17) is 22.1 Å². The summed E-state index contributed by atoms with van der Waals surface area (Å²) in [5.41, 5.74) is 4.92. The molecule has 0 unspecified atom stereocenters. The lowest BCUT2D eigenvalue weighted by Crippen LogP contribution is -2.55. The monoisotopic (exact) mass is 360 g/mol. The van der Waals surface area contributed by atoms with Gasteiger partial charge in [-0.25, -0.2) is 8.42 Å². The van der Waals surface area contributed by atoms with E-state index < -0.39 is 21.5 Å². The molecule has 1 aliphatic carbocycles. The number of ether oxygens (including phenoxy) is 1. The van der Waals surface area contributed by atoms with Crippen molar-refractivity contribution in [1.82, 2.24) is 4.72 Å². The largest absolute Gasteiger partial charge is 0.492 e. The zero-order valence-corrected chi connectivity index (χ0v) is 14.8. The number of benzene rings is 1. The molecule has 1 aliphatic rings. The van der Waals surface area contributed by atoms with Gasteiger partial charge in [0.05, 0.1) is 6.61 Å². The van der Waals surface area contributed by atoms with Gasteiger partial charge in [0, 0.05) is 5.02 Å². The van der Waals surface area contributed by atoms with Gasteiger partial charge in [-0.1, -0.05) is 24.4 Å². The molecule has 1 aromatic carbocycles. The molecule has 1 saturated carbocycles. The molecule has 1 fully saturated rings. The Labute approximate surface area is 141 Å². The van der Waals surface area contributed by atoms with Crippen LogP contribution in [0.15, 0.2) is 17.0 Å². The summed E-state index contributed by atoms with van der Waals surface area (Å²) in [4.78, 5) is 11.7. The molecule has 1 aromatic rings. The van der Waals surface area contributed by atoms with Gasteiger partial charge in [0.15, 0.2) is 0 Å². The first-order valence-corrected chi connectivity index (χ1v) is 9.35. The minimum atomic E-state index is -4.00. The van der Waals surface area contributed by atoms with E-state index >= 15 is 0 Å². The number of sulfonamides is 1. The molecule has 0 aliphatic heterocycles. The Bertz CT molecular complexity index is 712. The van der Waals surface area contributed by atoms with Gasteiger partial charge in [-0.3, -0.25) is 4.79 Å². The van der Waals surface area contributed by atoms with Crippen LogP contribution >= 0.6 is 11.6 Å². The van der Waals surface area contributed by atoms with Crippen LogP contribution in [0.2, 0.25) is 5.02 Å². The number of halogens is 1. The summed E-state index contributed by atoms with van der Waals surface area (Å²) in [6, 6.07) is 2.92. The third kappa shape index (κ3) is 3.62. The third-order valence-electron chi connectivity index (χ3n) is 4.07. The maximum absolute atomic E-state index is 12.8. The third-order valence-corrected chi connectivity index (χ3v) is 6.04. The first kappa shape index (κ1) is 18.0. The van der Waals surface area contributed by atoms with E-state index in [-0.39, 0.29) is 10.6 Å². The Morgan fingerprint density at radius 1 is 1.39 bits per heavy atom. The van der Waals surface area contributed by atoms with Gasteiger partial charge in [-0.2, -0.15) is 4.72 Å². The highest BCUT2D eigenvalue weighted by molar-refractivity contribution is 7.89. The second kappa shape index (κ2) is 6.67. The van der Waals surface area contributed by atoms with Crippen molar-refractivity contribution in [3.05, 3.63) is 22.7 Å². The van der Waals surface area contributed by atoms with Crippen LogP contribution in [0.3, 0.4) is 0 Å². The predicted molar refractivity (Wildman–Crippen MR) is 88.1 cm³/mol. The summed E-state index contributed by atoms with van der Waals surface area (Å²) in [5.74, 6) is -0.450. The van der Waals surface area contributed by atoms with Crippen molar-refractivity contribution in [3.63, 3.8) is 0 Å². The fraction of sp³-hybridized carbons (Fsp3) is 0.533. The molecule has 0 atom stereocenters. The van der Waals surface area contributed by atoms with Crippen molar-refractivity contribution >= 4 is 27.5 Å². The lowest BCUT2D eigenvalue weighted by atomic mass is 9.99. The van der Waals surface area contributed by atoms with Crippen LogP contribution in [-0.2, 0) is 14.8 Å². The van der Waals surface area contributed by atoms with E-state index in [0.717, 1.165) is 12.8 Å². The van der Waals surface area contributed by atoms with Crippen molar-refractivity contribution < 1.29 is 17.9 Å². The van der Waals surface area contributed by atoms with Gasteiger partial charge in [-0.15, -0.1) is 0 Å². The summed E-state index contributed by atoms with van der Waals surface area (Å²) in [7, 11) is -4.00. The molecule has 23 heavy (non-hydrogen) atoms. The van der Waals surface area contributed by atoms with E-state index in [1.165, 1.54) is 6.07 Å². The number of carbonyl (C=O) groups excluding carboxylic acids is 1. The van der Waals surface area contributed by atoms with E-state index in [0.29, 0.717) is 30.0 Å².